The maximum Gasteiger partial charge on any atom is 0.326 e. The van der Waals surface area contributed by atoms with Gasteiger partial charge >= 0.3 is 5.97 Å². The summed E-state index contributed by atoms with van der Waals surface area (Å²) in [6.45, 7) is 3.88. The number of H-pyrrole nitrogens is 1. The second-order valence-electron chi connectivity index (χ2n) is 11.1. The molecule has 0 aliphatic heterocycles. The van der Waals surface area contributed by atoms with Crippen molar-refractivity contribution in [2.45, 2.75) is 70.1 Å². The highest BCUT2D eigenvalue weighted by Gasteiger charge is 2.32. The van der Waals surface area contributed by atoms with Crippen LogP contribution in [0, 0.1) is 5.92 Å². The van der Waals surface area contributed by atoms with Gasteiger partial charge in [0.15, 0.2) is 5.96 Å². The number of carboxylic acids is 1. The topological polar surface area (TPSA) is 231 Å². The third-order valence-corrected chi connectivity index (χ3v) is 7.72. The number of amides is 3. The molecular weight excluding hydrogens is 576 g/mol. The Hall–Kier alpha value is -4.91. The zero-order valence-corrected chi connectivity index (χ0v) is 25.7. The Kier molecular flexibility index (Phi) is 12.9. The quantitative estimate of drug-likeness (QED) is 0.0613. The summed E-state index contributed by atoms with van der Waals surface area (Å²) in [4.78, 5) is 59.4. The van der Waals surface area contributed by atoms with Crippen LogP contribution in [0.25, 0.3) is 10.9 Å². The van der Waals surface area contributed by atoms with Crippen molar-refractivity contribution in [1.29, 1.82) is 0 Å². The Balaban J connectivity index is 1.75. The van der Waals surface area contributed by atoms with E-state index in [0.717, 1.165) is 22.0 Å². The van der Waals surface area contributed by atoms with Crippen LogP contribution >= 0.6 is 0 Å². The number of aliphatic carboxylic acids is 1. The molecule has 5 unspecified atom stereocenters. The molecule has 5 atom stereocenters. The van der Waals surface area contributed by atoms with Crippen molar-refractivity contribution in [3.05, 3.63) is 71.9 Å². The lowest BCUT2D eigenvalue weighted by molar-refractivity contribution is -0.142. The average Bonchev–Trinajstić information content (AvgIpc) is 3.43. The first-order valence-corrected chi connectivity index (χ1v) is 15.0. The van der Waals surface area contributed by atoms with Crippen molar-refractivity contribution < 1.29 is 24.3 Å². The minimum atomic E-state index is -1.27. The fraction of sp³-hybridized carbons (Fsp3) is 0.406. The van der Waals surface area contributed by atoms with Crippen molar-refractivity contribution in [2.75, 3.05) is 6.54 Å². The number of hydrogen-bond acceptors (Lipinski definition) is 6. The van der Waals surface area contributed by atoms with Crippen molar-refractivity contribution in [1.82, 2.24) is 20.9 Å². The highest BCUT2D eigenvalue weighted by Crippen LogP contribution is 2.19. The van der Waals surface area contributed by atoms with E-state index in [1.165, 1.54) is 0 Å². The SMILES string of the molecule is CCC(C)C(NC(=O)C(N)Cc1ccccc1)C(=O)NC(CCCN=C(N)N)C(=O)NC(Cc1c[nH]c2ccccc12)C(=O)O. The van der Waals surface area contributed by atoms with Gasteiger partial charge < -0.3 is 43.2 Å². The van der Waals surface area contributed by atoms with Gasteiger partial charge in [-0.1, -0.05) is 68.8 Å². The van der Waals surface area contributed by atoms with Gasteiger partial charge in [0.25, 0.3) is 0 Å². The van der Waals surface area contributed by atoms with Crippen LogP contribution < -0.4 is 33.2 Å². The van der Waals surface area contributed by atoms with Crippen LogP contribution in [0.15, 0.2) is 65.8 Å². The van der Waals surface area contributed by atoms with Gasteiger partial charge in [0.2, 0.25) is 17.7 Å². The van der Waals surface area contributed by atoms with Gasteiger partial charge in [-0.3, -0.25) is 19.4 Å². The van der Waals surface area contributed by atoms with Crippen molar-refractivity contribution >= 4 is 40.6 Å². The summed E-state index contributed by atoms with van der Waals surface area (Å²) in [5, 5.41) is 18.9. The van der Waals surface area contributed by atoms with E-state index in [9.17, 15) is 24.3 Å². The summed E-state index contributed by atoms with van der Waals surface area (Å²) in [6, 6.07) is 12.5. The number of carboxylic acid groups (broad SMARTS) is 1. The van der Waals surface area contributed by atoms with Crippen LogP contribution in [-0.2, 0) is 32.0 Å². The molecule has 0 bridgehead atoms. The number of guanidine groups is 1. The monoisotopic (exact) mass is 620 g/mol. The Labute approximate surface area is 262 Å². The number of benzene rings is 2. The summed E-state index contributed by atoms with van der Waals surface area (Å²) >= 11 is 0. The van der Waals surface area contributed by atoms with E-state index in [1.807, 2.05) is 68.4 Å². The van der Waals surface area contributed by atoms with Gasteiger partial charge in [0.05, 0.1) is 6.04 Å². The molecule has 0 fully saturated rings. The standard InChI is InChI=1S/C32H44N8O5/c1-3-19(2)27(40-28(41)23(33)16-20-10-5-4-6-11-20)30(43)38-25(14-9-15-36-32(34)35)29(42)39-26(31(44)45)17-21-18-37-24-13-8-7-12-22(21)24/h4-8,10-13,18-19,23,25-27,37H,3,9,14-17,33H2,1-2H3,(H,38,43)(H,39,42)(H,40,41)(H,44,45)(H4,34,35,36). The molecule has 13 nitrogen and oxygen atoms in total. The van der Waals surface area contributed by atoms with Gasteiger partial charge in [0.1, 0.15) is 18.1 Å². The van der Waals surface area contributed by atoms with Crippen molar-refractivity contribution in [2.24, 2.45) is 28.1 Å². The molecule has 0 saturated carbocycles. The largest absolute Gasteiger partial charge is 0.480 e. The zero-order valence-electron chi connectivity index (χ0n) is 25.7. The average molecular weight is 621 g/mol. The number of aliphatic imine (C=N–C) groups is 1. The Morgan fingerprint density at radius 2 is 1.56 bits per heavy atom. The number of para-hydroxylation sites is 1. The number of nitrogens with one attached hydrogen (secondary N) is 4. The van der Waals surface area contributed by atoms with Crippen LogP contribution in [-0.4, -0.2) is 70.5 Å². The summed E-state index contributed by atoms with van der Waals surface area (Å²) in [5.74, 6) is -3.41. The molecule has 13 heteroatoms. The third-order valence-electron chi connectivity index (χ3n) is 7.72. The second-order valence-corrected chi connectivity index (χ2v) is 11.1. The minimum absolute atomic E-state index is 0.0185. The van der Waals surface area contributed by atoms with E-state index in [-0.39, 0.29) is 37.7 Å². The number of carbonyl (C=O) groups is 4. The predicted octanol–water partition coefficient (Wildman–Crippen LogP) is 0.919. The highest BCUT2D eigenvalue weighted by atomic mass is 16.4. The Morgan fingerprint density at radius 1 is 0.889 bits per heavy atom. The molecule has 3 aromatic rings. The maximum atomic E-state index is 13.6. The second kappa shape index (κ2) is 16.8. The molecule has 3 amide bonds. The fourth-order valence-corrected chi connectivity index (χ4v) is 4.95. The minimum Gasteiger partial charge on any atom is -0.480 e. The molecule has 3 rings (SSSR count). The number of aromatic nitrogens is 1. The molecule has 1 aromatic heterocycles. The number of hydrogen-bond donors (Lipinski definition) is 8. The first-order valence-electron chi connectivity index (χ1n) is 15.0. The van der Waals surface area contributed by atoms with E-state index in [2.05, 4.69) is 25.9 Å². The number of fused-ring (bicyclic) bond motifs is 1. The third kappa shape index (κ3) is 10.3. The first-order chi connectivity index (χ1) is 21.5. The molecule has 0 aliphatic rings. The van der Waals surface area contributed by atoms with Crippen molar-refractivity contribution in [3.8, 4) is 0 Å². The fourth-order valence-electron chi connectivity index (χ4n) is 4.95. The molecule has 1 heterocycles. The number of carbonyl (C=O) groups excluding carboxylic acids is 3. The van der Waals surface area contributed by atoms with E-state index >= 15 is 0 Å². The molecule has 0 spiro atoms. The molecule has 2 aromatic carbocycles. The lowest BCUT2D eigenvalue weighted by Gasteiger charge is -2.28. The number of aromatic amines is 1. The lowest BCUT2D eigenvalue weighted by atomic mass is 9.96. The van der Waals surface area contributed by atoms with Crippen LogP contribution in [0.3, 0.4) is 0 Å². The number of nitrogens with two attached hydrogens (primary N) is 3. The first kappa shape index (κ1) is 34.6. The van der Waals surface area contributed by atoms with Gasteiger partial charge in [-0.25, -0.2) is 4.79 Å². The van der Waals surface area contributed by atoms with Crippen LogP contribution in [0.4, 0.5) is 0 Å². The van der Waals surface area contributed by atoms with Gasteiger partial charge in [-0.2, -0.15) is 0 Å². The van der Waals surface area contributed by atoms with Gasteiger partial charge in [0, 0.05) is 30.1 Å². The summed E-state index contributed by atoms with van der Waals surface area (Å²) in [6.07, 6.45) is 3.00. The van der Waals surface area contributed by atoms with Crippen molar-refractivity contribution in [3.63, 3.8) is 0 Å². The molecule has 242 valence electrons. The Morgan fingerprint density at radius 3 is 2.22 bits per heavy atom. The summed E-state index contributed by atoms with van der Waals surface area (Å²) in [7, 11) is 0. The normalized spacial score (nSPS) is 14.4. The molecule has 11 N–H and O–H groups in total. The molecule has 45 heavy (non-hydrogen) atoms. The highest BCUT2D eigenvalue weighted by molar-refractivity contribution is 5.94. The van der Waals surface area contributed by atoms with Gasteiger partial charge in [-0.05, 0) is 42.4 Å². The molecular formula is C32H44N8O5. The van der Waals surface area contributed by atoms with Crippen LogP contribution in [0.5, 0.6) is 0 Å². The van der Waals surface area contributed by atoms with Crippen LogP contribution in [0.1, 0.15) is 44.2 Å². The van der Waals surface area contributed by atoms with E-state index in [0.29, 0.717) is 12.8 Å². The zero-order chi connectivity index (χ0) is 32.9. The van der Waals surface area contributed by atoms with E-state index in [4.69, 9.17) is 17.2 Å². The molecule has 0 saturated heterocycles. The van der Waals surface area contributed by atoms with E-state index < -0.39 is 47.9 Å². The Bertz CT molecular complexity index is 1470. The predicted molar refractivity (Wildman–Crippen MR) is 173 cm³/mol. The smallest absolute Gasteiger partial charge is 0.326 e. The molecule has 0 aliphatic carbocycles. The summed E-state index contributed by atoms with van der Waals surface area (Å²) in [5.41, 5.74) is 19.5. The lowest BCUT2D eigenvalue weighted by Crippen LogP contribution is -2.59. The van der Waals surface area contributed by atoms with Crippen LogP contribution in [0.2, 0.25) is 0 Å². The number of rotatable bonds is 17. The molecule has 0 radical (unpaired) electrons. The van der Waals surface area contributed by atoms with E-state index in [1.54, 1.807) is 6.20 Å². The maximum absolute atomic E-state index is 13.6. The summed E-state index contributed by atoms with van der Waals surface area (Å²) < 4.78 is 0. The van der Waals surface area contributed by atoms with Gasteiger partial charge in [-0.15, -0.1) is 0 Å². The number of nitrogens with zero attached hydrogens (tertiary/aromatic N) is 1.